The fourth-order valence-corrected chi connectivity index (χ4v) is 1.18. The molecule has 0 unspecified atom stereocenters. The Hall–Kier alpha value is -0.810. The summed E-state index contributed by atoms with van der Waals surface area (Å²) in [7, 11) is 0. The SMILES string of the molecule is C#CC(=O)CC1(N)CCC1. The van der Waals surface area contributed by atoms with Crippen LogP contribution in [0.2, 0.25) is 0 Å². The molecule has 2 heteroatoms. The summed E-state index contributed by atoms with van der Waals surface area (Å²) in [6.07, 6.45) is 8.29. The summed E-state index contributed by atoms with van der Waals surface area (Å²) in [4.78, 5) is 10.7. The summed E-state index contributed by atoms with van der Waals surface area (Å²) in [5.41, 5.74) is 5.52. The molecule has 1 fully saturated rings. The Balaban J connectivity index is 2.39. The van der Waals surface area contributed by atoms with Crippen LogP contribution in [0.1, 0.15) is 25.7 Å². The van der Waals surface area contributed by atoms with Crippen molar-refractivity contribution in [3.63, 3.8) is 0 Å². The van der Waals surface area contributed by atoms with Crippen LogP contribution >= 0.6 is 0 Å². The summed E-state index contributed by atoms with van der Waals surface area (Å²) < 4.78 is 0. The third kappa shape index (κ3) is 1.37. The molecule has 10 heavy (non-hydrogen) atoms. The maximum atomic E-state index is 10.7. The van der Waals surface area contributed by atoms with E-state index in [-0.39, 0.29) is 11.3 Å². The molecule has 0 saturated heterocycles. The zero-order valence-corrected chi connectivity index (χ0v) is 5.89. The van der Waals surface area contributed by atoms with Gasteiger partial charge in [-0.15, -0.1) is 6.42 Å². The Labute approximate surface area is 60.8 Å². The molecule has 0 aromatic carbocycles. The van der Waals surface area contributed by atoms with Gasteiger partial charge in [-0.05, 0) is 25.2 Å². The summed E-state index contributed by atoms with van der Waals surface area (Å²) in [6.45, 7) is 0. The lowest BCUT2D eigenvalue weighted by Crippen LogP contribution is -2.47. The number of ketones is 1. The average molecular weight is 137 g/mol. The molecule has 0 radical (unpaired) electrons. The topological polar surface area (TPSA) is 43.1 Å². The van der Waals surface area contributed by atoms with Gasteiger partial charge in [0, 0.05) is 12.0 Å². The van der Waals surface area contributed by atoms with Crippen molar-refractivity contribution in [2.45, 2.75) is 31.2 Å². The molecule has 0 atom stereocenters. The van der Waals surface area contributed by atoms with E-state index in [1.54, 1.807) is 0 Å². The second-order valence-electron chi connectivity index (χ2n) is 2.96. The lowest BCUT2D eigenvalue weighted by Gasteiger charge is -2.36. The number of carbonyl (C=O) groups excluding carboxylic acids is 1. The smallest absolute Gasteiger partial charge is 0.207 e. The molecule has 0 aromatic rings. The molecule has 0 spiro atoms. The van der Waals surface area contributed by atoms with Gasteiger partial charge < -0.3 is 5.73 Å². The predicted octanol–water partition coefficient (Wildman–Crippen LogP) is 0.460. The first-order valence-corrected chi connectivity index (χ1v) is 3.45. The quantitative estimate of drug-likeness (QED) is 0.444. The van der Waals surface area contributed by atoms with Crippen molar-refractivity contribution in [2.75, 3.05) is 0 Å². The molecule has 0 aromatic heterocycles. The van der Waals surface area contributed by atoms with Gasteiger partial charge >= 0.3 is 0 Å². The normalized spacial score (nSPS) is 20.8. The molecule has 1 aliphatic rings. The summed E-state index contributed by atoms with van der Waals surface area (Å²) in [5.74, 6) is 1.91. The van der Waals surface area contributed by atoms with Crippen molar-refractivity contribution in [1.82, 2.24) is 0 Å². The molecule has 2 nitrogen and oxygen atoms in total. The zero-order valence-electron chi connectivity index (χ0n) is 5.89. The second-order valence-corrected chi connectivity index (χ2v) is 2.96. The van der Waals surface area contributed by atoms with Crippen LogP contribution in [0.25, 0.3) is 0 Å². The van der Waals surface area contributed by atoms with Crippen LogP contribution in [-0.2, 0) is 4.79 Å². The highest BCUT2D eigenvalue weighted by atomic mass is 16.1. The van der Waals surface area contributed by atoms with Gasteiger partial charge in [0.1, 0.15) is 0 Å². The van der Waals surface area contributed by atoms with Crippen molar-refractivity contribution >= 4 is 5.78 Å². The van der Waals surface area contributed by atoms with Crippen molar-refractivity contribution in [3.05, 3.63) is 0 Å². The second kappa shape index (κ2) is 2.43. The third-order valence-corrected chi connectivity index (χ3v) is 2.02. The number of Topliss-reactive ketones (excluding diaryl/α,β-unsaturated/α-hetero) is 1. The zero-order chi connectivity index (χ0) is 7.61. The summed E-state index contributed by atoms with van der Waals surface area (Å²) in [6, 6.07) is 0. The molecule has 0 aliphatic heterocycles. The van der Waals surface area contributed by atoms with Crippen LogP contribution in [0.5, 0.6) is 0 Å². The van der Waals surface area contributed by atoms with E-state index < -0.39 is 0 Å². The van der Waals surface area contributed by atoms with E-state index in [4.69, 9.17) is 12.2 Å². The molecule has 1 aliphatic carbocycles. The van der Waals surface area contributed by atoms with E-state index in [1.807, 2.05) is 0 Å². The molecule has 0 amide bonds. The molecular weight excluding hydrogens is 126 g/mol. The fourth-order valence-electron chi connectivity index (χ4n) is 1.18. The minimum Gasteiger partial charge on any atom is -0.325 e. The molecule has 0 bridgehead atoms. The molecule has 54 valence electrons. The number of nitrogens with two attached hydrogens (primary N) is 1. The van der Waals surface area contributed by atoms with Gasteiger partial charge in [-0.3, -0.25) is 4.79 Å². The number of hydrogen-bond donors (Lipinski definition) is 1. The number of carbonyl (C=O) groups is 1. The van der Waals surface area contributed by atoms with Crippen LogP contribution in [0.15, 0.2) is 0 Å². The summed E-state index contributed by atoms with van der Waals surface area (Å²) >= 11 is 0. The number of hydrogen-bond acceptors (Lipinski definition) is 2. The van der Waals surface area contributed by atoms with Crippen molar-refractivity contribution in [2.24, 2.45) is 5.73 Å². The average Bonchev–Trinajstić information content (AvgIpc) is 1.84. The molecular formula is C8H11NO. The highest BCUT2D eigenvalue weighted by molar-refractivity contribution is 5.95. The van der Waals surface area contributed by atoms with Gasteiger partial charge in [-0.2, -0.15) is 0 Å². The molecule has 1 saturated carbocycles. The Morgan fingerprint density at radius 3 is 2.60 bits per heavy atom. The highest BCUT2D eigenvalue weighted by Crippen LogP contribution is 2.31. The van der Waals surface area contributed by atoms with Crippen LogP contribution in [0.3, 0.4) is 0 Å². The van der Waals surface area contributed by atoms with E-state index in [9.17, 15) is 4.79 Å². The Bertz CT molecular complexity index is 186. The highest BCUT2D eigenvalue weighted by Gasteiger charge is 2.33. The summed E-state index contributed by atoms with van der Waals surface area (Å²) in [5, 5.41) is 0. The first kappa shape index (κ1) is 7.30. The number of rotatable bonds is 2. The third-order valence-electron chi connectivity index (χ3n) is 2.02. The number of terminal acetylenes is 1. The minimum atomic E-state index is -0.247. The Morgan fingerprint density at radius 2 is 2.30 bits per heavy atom. The monoisotopic (exact) mass is 137 g/mol. The van der Waals surface area contributed by atoms with E-state index in [1.165, 1.54) is 0 Å². The first-order valence-electron chi connectivity index (χ1n) is 3.45. The maximum Gasteiger partial charge on any atom is 0.207 e. The fraction of sp³-hybridized carbons (Fsp3) is 0.625. The van der Waals surface area contributed by atoms with Crippen LogP contribution in [-0.4, -0.2) is 11.3 Å². The molecule has 2 N–H and O–H groups in total. The van der Waals surface area contributed by atoms with Crippen molar-refractivity contribution in [3.8, 4) is 12.3 Å². The van der Waals surface area contributed by atoms with E-state index in [0.717, 1.165) is 19.3 Å². The van der Waals surface area contributed by atoms with Gasteiger partial charge in [0.25, 0.3) is 0 Å². The first-order chi connectivity index (χ1) is 4.66. The predicted molar refractivity (Wildman–Crippen MR) is 39.2 cm³/mol. The lowest BCUT2D eigenvalue weighted by molar-refractivity contribution is -0.115. The van der Waals surface area contributed by atoms with Gasteiger partial charge in [-0.25, -0.2) is 0 Å². The van der Waals surface area contributed by atoms with Gasteiger partial charge in [0.15, 0.2) is 0 Å². The Kier molecular flexibility index (Phi) is 1.78. The van der Waals surface area contributed by atoms with Gasteiger partial charge in [0.2, 0.25) is 5.78 Å². The van der Waals surface area contributed by atoms with E-state index >= 15 is 0 Å². The molecule has 1 rings (SSSR count). The van der Waals surface area contributed by atoms with Crippen molar-refractivity contribution in [1.29, 1.82) is 0 Å². The van der Waals surface area contributed by atoms with Crippen LogP contribution < -0.4 is 5.73 Å². The van der Waals surface area contributed by atoms with Gasteiger partial charge in [-0.1, -0.05) is 0 Å². The Morgan fingerprint density at radius 1 is 1.70 bits per heavy atom. The van der Waals surface area contributed by atoms with Crippen LogP contribution in [0, 0.1) is 12.3 Å². The van der Waals surface area contributed by atoms with E-state index in [0.29, 0.717) is 6.42 Å². The van der Waals surface area contributed by atoms with Gasteiger partial charge in [0.05, 0.1) is 0 Å². The largest absolute Gasteiger partial charge is 0.325 e. The standard InChI is InChI=1S/C8H11NO/c1-2-7(10)6-8(9)4-3-5-8/h1H,3-6,9H2. The van der Waals surface area contributed by atoms with Crippen LogP contribution in [0.4, 0.5) is 0 Å². The minimum absolute atomic E-state index is 0.165. The van der Waals surface area contributed by atoms with Crippen molar-refractivity contribution < 1.29 is 4.79 Å². The lowest BCUT2D eigenvalue weighted by atomic mass is 9.74. The van der Waals surface area contributed by atoms with E-state index in [2.05, 4.69) is 5.92 Å². The maximum absolute atomic E-state index is 10.7. The molecule has 0 heterocycles.